The first-order valence-corrected chi connectivity index (χ1v) is 25.6. The zero-order valence-electron chi connectivity index (χ0n) is 41.7. The van der Waals surface area contributed by atoms with Crippen molar-refractivity contribution in [3.63, 3.8) is 0 Å². The van der Waals surface area contributed by atoms with Crippen molar-refractivity contribution in [2.24, 2.45) is 0 Å². The highest BCUT2D eigenvalue weighted by atomic mass is 16.7. The van der Waals surface area contributed by atoms with E-state index in [0.717, 1.165) is 83.5 Å². The number of carboxylic acids is 1. The van der Waals surface area contributed by atoms with Crippen LogP contribution in [0.4, 0.5) is 0 Å². The van der Waals surface area contributed by atoms with Gasteiger partial charge in [0.1, 0.15) is 13.2 Å². The van der Waals surface area contributed by atoms with Gasteiger partial charge in [0.2, 0.25) is 0 Å². The molecule has 0 radical (unpaired) electrons. The zero-order chi connectivity index (χ0) is 47.0. The Balaban J connectivity index is 4.12. The Kier molecular flexibility index (Phi) is 43.9. The molecule has 0 saturated carbocycles. The van der Waals surface area contributed by atoms with Crippen LogP contribution < -0.4 is 0 Å². The third-order valence-corrected chi connectivity index (χ3v) is 10.7. The maximum Gasteiger partial charge on any atom is 0.361 e. The molecule has 9 heteroatoms. The minimum absolute atomic E-state index is 0.183. The van der Waals surface area contributed by atoms with Crippen LogP contribution in [0.25, 0.3) is 0 Å². The standard InChI is InChI=1S/C55H95NO8/c1-6-8-10-12-14-16-17-18-19-20-21-22-23-24-25-26-27-28-29-30-31-32-33-34-35-36-37-38-40-42-44-46-53(58)64-51(50-63-55(54(59)60)61-48-47-56(3,4)5)49-62-52(57)45-43-41-39-15-13-11-9-7-2/h8,10,14,16,18-19,21-22,24-25,27-28,51,55H,6-7,9,11-13,15,17,20,23,26,29-50H2,1-5H3/p+1/b10-8-,16-14-,19-18-,22-21-,25-24-,28-27-. The van der Waals surface area contributed by atoms with Crippen molar-refractivity contribution < 1.29 is 42.9 Å². The normalized spacial score (nSPS) is 13.5. The molecule has 9 nitrogen and oxygen atoms in total. The van der Waals surface area contributed by atoms with Gasteiger partial charge in [0.15, 0.2) is 6.10 Å². The number of carbonyl (C=O) groups excluding carboxylic acids is 2. The summed E-state index contributed by atoms with van der Waals surface area (Å²) in [6.07, 6.45) is 55.6. The van der Waals surface area contributed by atoms with Gasteiger partial charge < -0.3 is 28.5 Å². The van der Waals surface area contributed by atoms with E-state index in [1.165, 1.54) is 89.9 Å². The molecule has 64 heavy (non-hydrogen) atoms. The smallest absolute Gasteiger partial charge is 0.361 e. The molecule has 0 rings (SSSR count). The van der Waals surface area contributed by atoms with E-state index in [9.17, 15) is 19.5 Å². The van der Waals surface area contributed by atoms with Gasteiger partial charge >= 0.3 is 17.9 Å². The van der Waals surface area contributed by atoms with E-state index in [1.807, 2.05) is 21.1 Å². The summed E-state index contributed by atoms with van der Waals surface area (Å²) in [6, 6.07) is 0. The van der Waals surface area contributed by atoms with E-state index < -0.39 is 24.3 Å². The number of rotatable bonds is 46. The molecule has 0 aromatic rings. The lowest BCUT2D eigenvalue weighted by atomic mass is 10.0. The van der Waals surface area contributed by atoms with Crippen LogP contribution in [0.1, 0.15) is 200 Å². The Labute approximate surface area is 392 Å². The molecule has 2 unspecified atom stereocenters. The molecule has 2 atom stereocenters. The van der Waals surface area contributed by atoms with Gasteiger partial charge in [-0.05, 0) is 64.2 Å². The molecule has 0 fully saturated rings. The van der Waals surface area contributed by atoms with Gasteiger partial charge in [-0.2, -0.15) is 0 Å². The molecule has 0 spiro atoms. The largest absolute Gasteiger partial charge is 0.477 e. The highest BCUT2D eigenvalue weighted by Gasteiger charge is 2.25. The van der Waals surface area contributed by atoms with Crippen LogP contribution >= 0.6 is 0 Å². The van der Waals surface area contributed by atoms with Gasteiger partial charge in [0, 0.05) is 12.8 Å². The van der Waals surface area contributed by atoms with E-state index in [2.05, 4.69) is 86.8 Å². The Hall–Kier alpha value is -3.27. The number of esters is 2. The zero-order valence-corrected chi connectivity index (χ0v) is 41.7. The molecule has 0 aromatic heterocycles. The quantitative estimate of drug-likeness (QED) is 0.0212. The summed E-state index contributed by atoms with van der Waals surface area (Å²) < 4.78 is 22.7. The predicted octanol–water partition coefficient (Wildman–Crippen LogP) is 14.3. The molecule has 0 bridgehead atoms. The number of quaternary nitrogens is 1. The summed E-state index contributed by atoms with van der Waals surface area (Å²) in [5, 5.41) is 9.63. The first-order valence-electron chi connectivity index (χ1n) is 25.6. The van der Waals surface area contributed by atoms with Crippen LogP contribution in [-0.2, 0) is 33.3 Å². The number of ether oxygens (including phenoxy) is 4. The number of allylic oxidation sites excluding steroid dienone is 12. The van der Waals surface area contributed by atoms with Crippen LogP contribution in [0.3, 0.4) is 0 Å². The van der Waals surface area contributed by atoms with E-state index in [4.69, 9.17) is 18.9 Å². The van der Waals surface area contributed by atoms with Gasteiger partial charge in [0.25, 0.3) is 6.29 Å². The molecule has 0 aromatic carbocycles. The number of aliphatic carboxylic acids is 1. The van der Waals surface area contributed by atoms with Crippen molar-refractivity contribution in [2.45, 2.75) is 212 Å². The topological polar surface area (TPSA) is 108 Å². The lowest BCUT2D eigenvalue weighted by molar-refractivity contribution is -0.870. The average molecular weight is 899 g/mol. The Morgan fingerprint density at radius 2 is 0.891 bits per heavy atom. The molecular weight excluding hydrogens is 803 g/mol. The van der Waals surface area contributed by atoms with Gasteiger partial charge in [0.05, 0.1) is 34.4 Å². The highest BCUT2D eigenvalue weighted by molar-refractivity contribution is 5.71. The molecule has 0 amide bonds. The fourth-order valence-electron chi connectivity index (χ4n) is 6.78. The molecule has 0 aliphatic heterocycles. The number of hydrogen-bond donors (Lipinski definition) is 1. The maximum atomic E-state index is 12.8. The predicted molar refractivity (Wildman–Crippen MR) is 267 cm³/mol. The van der Waals surface area contributed by atoms with E-state index in [-0.39, 0.29) is 32.2 Å². The van der Waals surface area contributed by atoms with Crippen LogP contribution in [0, 0.1) is 0 Å². The summed E-state index contributed by atoms with van der Waals surface area (Å²) >= 11 is 0. The first-order chi connectivity index (χ1) is 31.1. The Morgan fingerprint density at radius 1 is 0.484 bits per heavy atom. The maximum absolute atomic E-state index is 12.8. The summed E-state index contributed by atoms with van der Waals surface area (Å²) in [7, 11) is 5.95. The van der Waals surface area contributed by atoms with Gasteiger partial charge in [-0.15, -0.1) is 0 Å². The summed E-state index contributed by atoms with van der Waals surface area (Å²) in [6.45, 7) is 4.71. The van der Waals surface area contributed by atoms with Crippen molar-refractivity contribution in [1.29, 1.82) is 0 Å². The second kappa shape index (κ2) is 46.3. The second-order valence-electron chi connectivity index (χ2n) is 18.1. The van der Waals surface area contributed by atoms with Gasteiger partial charge in [-0.1, -0.05) is 196 Å². The summed E-state index contributed by atoms with van der Waals surface area (Å²) in [5.74, 6) is -2.02. The third-order valence-electron chi connectivity index (χ3n) is 10.7. The van der Waals surface area contributed by atoms with E-state index >= 15 is 0 Å². The van der Waals surface area contributed by atoms with Crippen LogP contribution in [0.5, 0.6) is 0 Å². The molecule has 0 heterocycles. The first kappa shape index (κ1) is 60.7. The summed E-state index contributed by atoms with van der Waals surface area (Å²) in [5.41, 5.74) is 0. The van der Waals surface area contributed by atoms with Crippen molar-refractivity contribution in [3.8, 4) is 0 Å². The van der Waals surface area contributed by atoms with E-state index in [1.54, 1.807) is 0 Å². The molecule has 368 valence electrons. The Morgan fingerprint density at radius 3 is 1.33 bits per heavy atom. The average Bonchev–Trinajstić information content (AvgIpc) is 3.26. The summed E-state index contributed by atoms with van der Waals surface area (Å²) in [4.78, 5) is 37.1. The van der Waals surface area contributed by atoms with Crippen molar-refractivity contribution in [1.82, 2.24) is 0 Å². The minimum atomic E-state index is -1.51. The SMILES string of the molecule is CC/C=C\C/C=C\C/C=C\C/C=C\C/C=C\C/C=C\CCCCCCCCCCCCCCC(=O)OC(COC(=O)CCCCCCCCCC)COC(OCC[N+](C)(C)C)C(=O)O. The number of nitrogens with zero attached hydrogens (tertiary/aromatic N) is 1. The number of carbonyl (C=O) groups is 3. The van der Waals surface area contributed by atoms with Gasteiger partial charge in [-0.25, -0.2) is 4.79 Å². The number of hydrogen-bond acceptors (Lipinski definition) is 7. The van der Waals surface area contributed by atoms with Crippen LogP contribution in [-0.4, -0.2) is 87.4 Å². The second-order valence-corrected chi connectivity index (χ2v) is 18.1. The van der Waals surface area contributed by atoms with Crippen molar-refractivity contribution in [2.75, 3.05) is 47.5 Å². The monoisotopic (exact) mass is 899 g/mol. The molecule has 1 N–H and O–H groups in total. The molecule has 0 saturated heterocycles. The number of likely N-dealkylation sites (N-methyl/N-ethyl adjacent to an activating group) is 1. The van der Waals surface area contributed by atoms with Crippen molar-refractivity contribution >= 4 is 17.9 Å². The van der Waals surface area contributed by atoms with Gasteiger partial charge in [-0.3, -0.25) is 9.59 Å². The van der Waals surface area contributed by atoms with Crippen molar-refractivity contribution in [3.05, 3.63) is 72.9 Å². The van der Waals surface area contributed by atoms with Crippen LogP contribution in [0.15, 0.2) is 72.9 Å². The molecule has 0 aliphatic carbocycles. The lowest BCUT2D eigenvalue weighted by Gasteiger charge is -2.25. The number of carboxylic acid groups (broad SMARTS) is 1. The fraction of sp³-hybridized carbons (Fsp3) is 0.727. The lowest BCUT2D eigenvalue weighted by Crippen LogP contribution is -2.40. The van der Waals surface area contributed by atoms with E-state index in [0.29, 0.717) is 17.4 Å². The Bertz CT molecular complexity index is 1280. The molecule has 0 aliphatic rings. The minimum Gasteiger partial charge on any atom is -0.477 e. The molecular formula is C55H96NO8+. The highest BCUT2D eigenvalue weighted by Crippen LogP contribution is 2.15. The van der Waals surface area contributed by atoms with Crippen LogP contribution in [0.2, 0.25) is 0 Å². The third kappa shape index (κ3) is 46.7. The number of unbranched alkanes of at least 4 members (excludes halogenated alkanes) is 19. The fourth-order valence-corrected chi connectivity index (χ4v) is 6.78.